The number of aliphatic imine (C=N–C) groups is 1. The molecule has 9 heteroatoms. The van der Waals surface area contributed by atoms with E-state index in [1.165, 1.54) is 19.4 Å². The molecule has 0 aliphatic carbocycles. The third-order valence-corrected chi connectivity index (χ3v) is 5.52. The summed E-state index contributed by atoms with van der Waals surface area (Å²) >= 11 is 0. The van der Waals surface area contributed by atoms with Gasteiger partial charge in [0.15, 0.2) is 11.6 Å². The number of esters is 1. The standard InChI is InChI=1S/C25H25N5O4/c1-3-13-27-24(22(26)30-14-12-17(15-30)25(32)33-2)34-18-10-8-16(9-11-18)21(31)23-28-19-6-4-5-7-20(19)29-23/h3-11,13,17H,1,12,14-15,26H2,2H3,(H,28,29)/b24-22-,27-13?/t17-/m1/s1. The molecule has 0 saturated carbocycles. The number of H-pyrrole nitrogens is 1. The number of ketones is 1. The number of aromatic nitrogens is 2. The molecule has 9 nitrogen and oxygen atoms in total. The summed E-state index contributed by atoms with van der Waals surface area (Å²) in [4.78, 5) is 38.2. The normalized spacial score (nSPS) is 16.5. The van der Waals surface area contributed by atoms with Crippen molar-refractivity contribution in [3.8, 4) is 5.75 Å². The van der Waals surface area contributed by atoms with Crippen LogP contribution in [0.3, 0.4) is 0 Å². The summed E-state index contributed by atoms with van der Waals surface area (Å²) in [5, 5.41) is 0. The molecule has 1 atom stereocenters. The van der Waals surface area contributed by atoms with Gasteiger partial charge in [-0.25, -0.2) is 9.98 Å². The van der Waals surface area contributed by atoms with E-state index < -0.39 is 0 Å². The number of allylic oxidation sites excluding steroid dienone is 1. The number of hydrogen-bond donors (Lipinski definition) is 2. The van der Waals surface area contributed by atoms with Gasteiger partial charge in [-0.3, -0.25) is 9.59 Å². The number of carbonyl (C=O) groups is 2. The predicted octanol–water partition coefficient (Wildman–Crippen LogP) is 3.01. The van der Waals surface area contributed by atoms with Gasteiger partial charge in [0.05, 0.1) is 24.1 Å². The molecule has 34 heavy (non-hydrogen) atoms. The number of benzene rings is 2. The zero-order valence-corrected chi connectivity index (χ0v) is 18.7. The molecule has 1 aliphatic rings. The molecule has 0 unspecified atom stereocenters. The summed E-state index contributed by atoms with van der Waals surface area (Å²) in [6.45, 7) is 4.62. The number of carbonyl (C=O) groups excluding carboxylic acids is 2. The Balaban J connectivity index is 1.51. The summed E-state index contributed by atoms with van der Waals surface area (Å²) in [6.07, 6.45) is 3.60. The average molecular weight is 460 g/mol. The van der Waals surface area contributed by atoms with Crippen LogP contribution in [0.5, 0.6) is 5.75 Å². The number of imidazole rings is 1. The lowest BCUT2D eigenvalue weighted by atomic mass is 10.1. The number of fused-ring (bicyclic) bond motifs is 1. The molecule has 3 aromatic rings. The molecule has 174 valence electrons. The Kier molecular flexibility index (Phi) is 6.72. The highest BCUT2D eigenvalue weighted by Crippen LogP contribution is 2.24. The zero-order chi connectivity index (χ0) is 24.1. The number of nitrogens with zero attached hydrogens (tertiary/aromatic N) is 3. The third kappa shape index (κ3) is 4.83. The molecule has 0 spiro atoms. The van der Waals surface area contributed by atoms with E-state index in [1.54, 1.807) is 24.3 Å². The van der Waals surface area contributed by atoms with Gasteiger partial charge < -0.3 is 25.1 Å². The number of likely N-dealkylation sites (tertiary alicyclic amines) is 1. The predicted molar refractivity (Wildman–Crippen MR) is 128 cm³/mol. The molecular weight excluding hydrogens is 434 g/mol. The molecule has 1 saturated heterocycles. The van der Waals surface area contributed by atoms with Gasteiger partial charge in [-0.05, 0) is 42.8 Å². The van der Waals surface area contributed by atoms with E-state index in [4.69, 9.17) is 15.2 Å². The smallest absolute Gasteiger partial charge is 0.310 e. The van der Waals surface area contributed by atoms with E-state index >= 15 is 0 Å². The van der Waals surface area contributed by atoms with Crippen molar-refractivity contribution in [3.63, 3.8) is 0 Å². The first kappa shape index (κ1) is 22.8. The molecule has 3 N–H and O–H groups in total. The monoisotopic (exact) mass is 459 g/mol. The summed E-state index contributed by atoms with van der Waals surface area (Å²) < 4.78 is 10.7. The molecule has 1 fully saturated rings. The Labute approximate surface area is 196 Å². The van der Waals surface area contributed by atoms with Crippen LogP contribution in [0.1, 0.15) is 22.6 Å². The number of hydrogen-bond acceptors (Lipinski definition) is 8. The molecule has 0 bridgehead atoms. The largest absolute Gasteiger partial charge is 0.469 e. The highest BCUT2D eigenvalue weighted by molar-refractivity contribution is 6.08. The van der Waals surface area contributed by atoms with Crippen molar-refractivity contribution in [1.29, 1.82) is 0 Å². The van der Waals surface area contributed by atoms with Gasteiger partial charge in [0.25, 0.3) is 5.88 Å². The minimum atomic E-state index is -0.267. The first-order chi connectivity index (χ1) is 16.5. The van der Waals surface area contributed by atoms with Gasteiger partial charge in [-0.15, -0.1) is 0 Å². The lowest BCUT2D eigenvalue weighted by molar-refractivity contribution is -0.144. The van der Waals surface area contributed by atoms with E-state index in [0.29, 0.717) is 36.6 Å². The number of rotatable bonds is 8. The van der Waals surface area contributed by atoms with Crippen molar-refractivity contribution in [2.75, 3.05) is 20.2 Å². The van der Waals surface area contributed by atoms with Gasteiger partial charge in [0.2, 0.25) is 5.78 Å². The van der Waals surface area contributed by atoms with Gasteiger partial charge in [0, 0.05) is 24.9 Å². The summed E-state index contributed by atoms with van der Waals surface area (Å²) in [7, 11) is 1.37. The first-order valence-electron chi connectivity index (χ1n) is 10.7. The van der Waals surface area contributed by atoms with Crippen LogP contribution in [-0.2, 0) is 9.53 Å². The maximum atomic E-state index is 12.8. The topological polar surface area (TPSA) is 123 Å². The minimum absolute atomic E-state index is 0.168. The number of methoxy groups -OCH3 is 1. The van der Waals surface area contributed by atoms with Crippen LogP contribution in [0.15, 0.2) is 77.9 Å². The Bertz CT molecular complexity index is 1240. The fourth-order valence-corrected chi connectivity index (χ4v) is 3.72. The molecule has 2 heterocycles. The number of para-hydroxylation sites is 2. The summed E-state index contributed by atoms with van der Waals surface area (Å²) in [5.74, 6) is 0.435. The second-order valence-corrected chi connectivity index (χ2v) is 7.72. The number of nitrogens with two attached hydrogens (primary N) is 1. The van der Waals surface area contributed by atoms with Crippen molar-refractivity contribution >= 4 is 29.0 Å². The van der Waals surface area contributed by atoms with Gasteiger partial charge in [-0.1, -0.05) is 24.8 Å². The number of aromatic amines is 1. The van der Waals surface area contributed by atoms with Crippen molar-refractivity contribution < 1.29 is 19.1 Å². The maximum Gasteiger partial charge on any atom is 0.310 e. The molecule has 0 radical (unpaired) electrons. The van der Waals surface area contributed by atoms with Crippen LogP contribution in [-0.4, -0.2) is 53.0 Å². The maximum absolute atomic E-state index is 12.8. The fraction of sp³-hybridized carbons (Fsp3) is 0.200. The number of ether oxygens (including phenoxy) is 2. The molecule has 4 rings (SSSR count). The van der Waals surface area contributed by atoms with E-state index in [0.717, 1.165) is 11.0 Å². The average Bonchev–Trinajstić information content (AvgIpc) is 3.53. The highest BCUT2D eigenvalue weighted by Gasteiger charge is 2.31. The van der Waals surface area contributed by atoms with Crippen LogP contribution in [0.25, 0.3) is 11.0 Å². The quantitative estimate of drug-likeness (QED) is 0.230. The molecular formula is C25H25N5O4. The Morgan fingerprint density at radius 3 is 2.71 bits per heavy atom. The van der Waals surface area contributed by atoms with Crippen molar-refractivity contribution in [1.82, 2.24) is 14.9 Å². The van der Waals surface area contributed by atoms with Crippen LogP contribution >= 0.6 is 0 Å². The number of nitrogens with one attached hydrogen (secondary N) is 1. The van der Waals surface area contributed by atoms with Gasteiger partial charge in [0.1, 0.15) is 5.75 Å². The molecule has 0 amide bonds. The minimum Gasteiger partial charge on any atom is -0.469 e. The second-order valence-electron chi connectivity index (χ2n) is 7.72. The highest BCUT2D eigenvalue weighted by atomic mass is 16.5. The van der Waals surface area contributed by atoms with Crippen LogP contribution in [0.4, 0.5) is 0 Å². The van der Waals surface area contributed by atoms with Crippen molar-refractivity contribution in [2.24, 2.45) is 16.6 Å². The van der Waals surface area contributed by atoms with Gasteiger partial charge >= 0.3 is 5.97 Å². The van der Waals surface area contributed by atoms with E-state index in [1.807, 2.05) is 29.2 Å². The van der Waals surface area contributed by atoms with E-state index in [9.17, 15) is 9.59 Å². The van der Waals surface area contributed by atoms with Crippen LogP contribution < -0.4 is 10.5 Å². The molecule has 2 aromatic carbocycles. The van der Waals surface area contributed by atoms with Gasteiger partial charge in [-0.2, -0.15) is 0 Å². The third-order valence-electron chi connectivity index (χ3n) is 5.52. The van der Waals surface area contributed by atoms with Crippen LogP contribution in [0.2, 0.25) is 0 Å². The van der Waals surface area contributed by atoms with Crippen LogP contribution in [0, 0.1) is 5.92 Å². The van der Waals surface area contributed by atoms with Crippen molar-refractivity contribution in [3.05, 3.63) is 84.3 Å². The van der Waals surface area contributed by atoms with Crippen molar-refractivity contribution in [2.45, 2.75) is 6.42 Å². The fourth-order valence-electron chi connectivity index (χ4n) is 3.72. The lowest BCUT2D eigenvalue weighted by Crippen LogP contribution is -2.29. The van der Waals surface area contributed by atoms with E-state index in [2.05, 4.69) is 21.5 Å². The summed E-state index contributed by atoms with van der Waals surface area (Å²) in [5.41, 5.74) is 8.31. The lowest BCUT2D eigenvalue weighted by Gasteiger charge is -2.20. The molecule has 1 aromatic heterocycles. The first-order valence-corrected chi connectivity index (χ1v) is 10.7. The SMILES string of the molecule is C=CC=N/C(Oc1ccc(C(=O)c2nc3ccccc3[nH]2)cc1)=C(\N)N1CC[C@@H](C(=O)OC)C1. The Morgan fingerprint density at radius 2 is 2.00 bits per heavy atom. The van der Waals surface area contributed by atoms with E-state index in [-0.39, 0.29) is 29.4 Å². The Morgan fingerprint density at radius 1 is 1.24 bits per heavy atom. The Hall–Kier alpha value is -4.40. The zero-order valence-electron chi connectivity index (χ0n) is 18.7. The molecule has 1 aliphatic heterocycles. The second kappa shape index (κ2) is 10.0. The summed E-state index contributed by atoms with van der Waals surface area (Å²) in [6, 6.07) is 14.1.